The van der Waals surface area contributed by atoms with Crippen LogP contribution in [0.5, 0.6) is 0 Å². The SMILES string of the molecule is Cc1cc(C(N)=O)c(-c2ccccc2)cc1C. The van der Waals surface area contributed by atoms with E-state index in [9.17, 15) is 4.79 Å². The number of hydrogen-bond donors (Lipinski definition) is 1. The van der Waals surface area contributed by atoms with E-state index in [1.54, 1.807) is 0 Å². The summed E-state index contributed by atoms with van der Waals surface area (Å²) < 4.78 is 0. The molecule has 0 aliphatic carbocycles. The minimum absolute atomic E-state index is 0.382. The van der Waals surface area contributed by atoms with Crippen molar-refractivity contribution in [3.63, 3.8) is 0 Å². The van der Waals surface area contributed by atoms with Gasteiger partial charge in [0.15, 0.2) is 0 Å². The Labute approximate surface area is 101 Å². The molecule has 0 fully saturated rings. The first-order valence-electron chi connectivity index (χ1n) is 5.56. The molecular weight excluding hydrogens is 210 g/mol. The Kier molecular flexibility index (Phi) is 2.96. The second-order valence-corrected chi connectivity index (χ2v) is 4.21. The van der Waals surface area contributed by atoms with Gasteiger partial charge in [0.25, 0.3) is 0 Å². The first-order valence-corrected chi connectivity index (χ1v) is 5.56. The zero-order valence-corrected chi connectivity index (χ0v) is 10.0. The van der Waals surface area contributed by atoms with Crippen molar-refractivity contribution in [3.05, 3.63) is 59.2 Å². The summed E-state index contributed by atoms with van der Waals surface area (Å²) in [7, 11) is 0. The van der Waals surface area contributed by atoms with Crippen molar-refractivity contribution >= 4 is 5.91 Å². The second-order valence-electron chi connectivity index (χ2n) is 4.21. The van der Waals surface area contributed by atoms with Gasteiger partial charge >= 0.3 is 0 Å². The predicted molar refractivity (Wildman–Crippen MR) is 69.9 cm³/mol. The highest BCUT2D eigenvalue weighted by Crippen LogP contribution is 2.26. The molecular formula is C15H15NO. The van der Waals surface area contributed by atoms with Crippen molar-refractivity contribution in [2.45, 2.75) is 13.8 Å². The highest BCUT2D eigenvalue weighted by molar-refractivity contribution is 6.00. The van der Waals surface area contributed by atoms with Crippen molar-refractivity contribution < 1.29 is 4.79 Å². The van der Waals surface area contributed by atoms with Crippen molar-refractivity contribution in [2.24, 2.45) is 5.73 Å². The molecule has 2 aromatic carbocycles. The predicted octanol–water partition coefficient (Wildman–Crippen LogP) is 3.07. The van der Waals surface area contributed by atoms with E-state index in [-0.39, 0.29) is 5.91 Å². The number of carbonyl (C=O) groups is 1. The first kappa shape index (κ1) is 11.4. The lowest BCUT2D eigenvalue weighted by Crippen LogP contribution is -2.13. The summed E-state index contributed by atoms with van der Waals surface area (Å²) in [6.07, 6.45) is 0. The number of primary amides is 1. The largest absolute Gasteiger partial charge is 0.366 e. The summed E-state index contributed by atoms with van der Waals surface area (Å²) >= 11 is 0. The average Bonchev–Trinajstić information content (AvgIpc) is 2.33. The number of aryl methyl sites for hydroxylation is 2. The Morgan fingerprint density at radius 3 is 2.18 bits per heavy atom. The van der Waals surface area contributed by atoms with Gasteiger partial charge in [-0.05, 0) is 42.2 Å². The molecule has 0 bridgehead atoms. The van der Waals surface area contributed by atoms with E-state index in [1.807, 2.05) is 56.3 Å². The molecule has 2 heteroatoms. The lowest BCUT2D eigenvalue weighted by atomic mass is 9.94. The van der Waals surface area contributed by atoms with Gasteiger partial charge in [-0.25, -0.2) is 0 Å². The highest BCUT2D eigenvalue weighted by atomic mass is 16.1. The number of carbonyl (C=O) groups excluding carboxylic acids is 1. The highest BCUT2D eigenvalue weighted by Gasteiger charge is 2.11. The van der Waals surface area contributed by atoms with Crippen molar-refractivity contribution in [1.29, 1.82) is 0 Å². The third-order valence-electron chi connectivity index (χ3n) is 2.98. The zero-order valence-electron chi connectivity index (χ0n) is 10.0. The third-order valence-corrected chi connectivity index (χ3v) is 2.98. The Bertz CT molecular complexity index is 559. The summed E-state index contributed by atoms with van der Waals surface area (Å²) in [6.45, 7) is 4.02. The molecule has 2 N–H and O–H groups in total. The van der Waals surface area contributed by atoms with Crippen LogP contribution in [-0.2, 0) is 0 Å². The summed E-state index contributed by atoms with van der Waals surface area (Å²) in [5.41, 5.74) is 10.2. The lowest BCUT2D eigenvalue weighted by molar-refractivity contribution is 0.100. The Balaban J connectivity index is 2.68. The van der Waals surface area contributed by atoms with E-state index in [1.165, 1.54) is 0 Å². The fourth-order valence-corrected chi connectivity index (χ4v) is 1.88. The molecule has 0 aliphatic heterocycles. The molecule has 0 spiro atoms. The average molecular weight is 225 g/mol. The molecule has 2 aromatic rings. The summed E-state index contributed by atoms with van der Waals surface area (Å²) in [5, 5.41) is 0. The quantitative estimate of drug-likeness (QED) is 0.838. The molecule has 0 heterocycles. The van der Waals surface area contributed by atoms with Gasteiger partial charge in [-0.2, -0.15) is 0 Å². The van der Waals surface area contributed by atoms with E-state index in [2.05, 4.69) is 0 Å². The van der Waals surface area contributed by atoms with Crippen LogP contribution in [-0.4, -0.2) is 5.91 Å². The van der Waals surface area contributed by atoms with Gasteiger partial charge in [0.05, 0.1) is 0 Å². The standard InChI is InChI=1S/C15H15NO/c1-10-8-13(12-6-4-3-5-7-12)14(15(16)17)9-11(10)2/h3-9H,1-2H3,(H2,16,17). The molecule has 2 rings (SSSR count). The lowest BCUT2D eigenvalue weighted by Gasteiger charge is -2.10. The molecule has 0 unspecified atom stereocenters. The second kappa shape index (κ2) is 4.42. The van der Waals surface area contributed by atoms with Gasteiger partial charge in [-0.1, -0.05) is 36.4 Å². The summed E-state index contributed by atoms with van der Waals surface area (Å²) in [6, 6.07) is 13.7. The topological polar surface area (TPSA) is 43.1 Å². The van der Waals surface area contributed by atoms with E-state index in [4.69, 9.17) is 5.73 Å². The normalized spacial score (nSPS) is 10.2. The van der Waals surface area contributed by atoms with Crippen LogP contribution in [0.15, 0.2) is 42.5 Å². The Morgan fingerprint density at radius 1 is 1.00 bits per heavy atom. The smallest absolute Gasteiger partial charge is 0.249 e. The minimum atomic E-state index is -0.382. The van der Waals surface area contributed by atoms with E-state index in [0.29, 0.717) is 5.56 Å². The molecule has 2 nitrogen and oxygen atoms in total. The van der Waals surface area contributed by atoms with E-state index in [0.717, 1.165) is 22.3 Å². The van der Waals surface area contributed by atoms with Gasteiger partial charge in [-0.15, -0.1) is 0 Å². The molecule has 0 atom stereocenters. The fraction of sp³-hybridized carbons (Fsp3) is 0.133. The van der Waals surface area contributed by atoms with Gasteiger partial charge in [0.1, 0.15) is 0 Å². The first-order chi connectivity index (χ1) is 8.09. The molecule has 1 amide bonds. The molecule has 17 heavy (non-hydrogen) atoms. The maximum absolute atomic E-state index is 11.5. The van der Waals surface area contributed by atoms with Crippen LogP contribution in [0.3, 0.4) is 0 Å². The number of rotatable bonds is 2. The van der Waals surface area contributed by atoms with Crippen LogP contribution in [0.2, 0.25) is 0 Å². The van der Waals surface area contributed by atoms with Crippen molar-refractivity contribution in [1.82, 2.24) is 0 Å². The molecule has 0 aromatic heterocycles. The fourth-order valence-electron chi connectivity index (χ4n) is 1.88. The van der Waals surface area contributed by atoms with Crippen LogP contribution in [0, 0.1) is 13.8 Å². The molecule has 0 saturated heterocycles. The van der Waals surface area contributed by atoms with Crippen LogP contribution in [0.25, 0.3) is 11.1 Å². The number of amides is 1. The number of nitrogens with two attached hydrogens (primary N) is 1. The van der Waals surface area contributed by atoms with Gasteiger partial charge < -0.3 is 5.73 Å². The van der Waals surface area contributed by atoms with Crippen LogP contribution >= 0.6 is 0 Å². The maximum Gasteiger partial charge on any atom is 0.249 e. The van der Waals surface area contributed by atoms with Crippen LogP contribution in [0.4, 0.5) is 0 Å². The van der Waals surface area contributed by atoms with Gasteiger partial charge in [-0.3, -0.25) is 4.79 Å². The van der Waals surface area contributed by atoms with E-state index >= 15 is 0 Å². The van der Waals surface area contributed by atoms with Crippen LogP contribution < -0.4 is 5.73 Å². The van der Waals surface area contributed by atoms with E-state index < -0.39 is 0 Å². The van der Waals surface area contributed by atoms with Crippen molar-refractivity contribution in [2.75, 3.05) is 0 Å². The Morgan fingerprint density at radius 2 is 1.59 bits per heavy atom. The molecule has 86 valence electrons. The maximum atomic E-state index is 11.5. The summed E-state index contributed by atoms with van der Waals surface area (Å²) in [5.74, 6) is -0.382. The van der Waals surface area contributed by atoms with Gasteiger partial charge in [0, 0.05) is 5.56 Å². The minimum Gasteiger partial charge on any atom is -0.366 e. The Hall–Kier alpha value is -2.09. The molecule has 0 saturated carbocycles. The monoisotopic (exact) mass is 225 g/mol. The number of benzene rings is 2. The van der Waals surface area contributed by atoms with Gasteiger partial charge in [0.2, 0.25) is 5.91 Å². The number of hydrogen-bond acceptors (Lipinski definition) is 1. The van der Waals surface area contributed by atoms with Crippen LogP contribution in [0.1, 0.15) is 21.5 Å². The zero-order chi connectivity index (χ0) is 12.4. The molecule has 0 radical (unpaired) electrons. The van der Waals surface area contributed by atoms with Crippen molar-refractivity contribution in [3.8, 4) is 11.1 Å². The summed E-state index contributed by atoms with van der Waals surface area (Å²) in [4.78, 5) is 11.5. The molecule has 0 aliphatic rings. The third kappa shape index (κ3) is 2.21.